The van der Waals surface area contributed by atoms with Crippen LogP contribution in [0, 0.1) is 6.92 Å². The third-order valence-corrected chi connectivity index (χ3v) is 3.00. The van der Waals surface area contributed by atoms with Crippen LogP contribution in [0.4, 0.5) is 10.5 Å². The molecular formula is C15H21N3O2. The summed E-state index contributed by atoms with van der Waals surface area (Å²) in [7, 11) is 0. The number of H-pyrrole nitrogens is 1. The molecule has 2 aromatic rings. The highest BCUT2D eigenvalue weighted by molar-refractivity contribution is 5.94. The van der Waals surface area contributed by atoms with Crippen LogP contribution < -0.4 is 5.32 Å². The summed E-state index contributed by atoms with van der Waals surface area (Å²) in [5, 5.41) is 11.1. The topological polar surface area (TPSA) is 67.0 Å². The van der Waals surface area contributed by atoms with E-state index in [0.717, 1.165) is 34.3 Å². The number of carbonyl (C=O) groups excluding carboxylic acids is 1. The van der Waals surface area contributed by atoms with Gasteiger partial charge in [0.1, 0.15) is 5.60 Å². The summed E-state index contributed by atoms with van der Waals surface area (Å²) >= 11 is 0. The fourth-order valence-electron chi connectivity index (χ4n) is 2.24. The second kappa shape index (κ2) is 5.15. The lowest BCUT2D eigenvalue weighted by atomic mass is 10.0. The van der Waals surface area contributed by atoms with Crippen LogP contribution in [-0.2, 0) is 11.2 Å². The number of amides is 1. The van der Waals surface area contributed by atoms with Crippen LogP contribution in [0.25, 0.3) is 10.9 Å². The summed E-state index contributed by atoms with van der Waals surface area (Å²) in [6.07, 6.45) is 0.371. The molecular weight excluding hydrogens is 254 g/mol. The van der Waals surface area contributed by atoms with E-state index in [1.54, 1.807) is 0 Å². The number of carbonyl (C=O) groups is 1. The number of hydrogen-bond acceptors (Lipinski definition) is 3. The zero-order valence-electron chi connectivity index (χ0n) is 12.6. The lowest BCUT2D eigenvalue weighted by Gasteiger charge is -2.20. The van der Waals surface area contributed by atoms with Gasteiger partial charge in [0.15, 0.2) is 0 Å². The lowest BCUT2D eigenvalue weighted by molar-refractivity contribution is 0.0636. The number of rotatable bonds is 2. The number of fused-ring (bicyclic) bond motifs is 1. The molecule has 0 spiro atoms. The first-order valence-corrected chi connectivity index (χ1v) is 6.78. The number of aromatic nitrogens is 2. The molecule has 0 aliphatic carbocycles. The lowest BCUT2D eigenvalue weighted by Crippen LogP contribution is -2.27. The van der Waals surface area contributed by atoms with Gasteiger partial charge in [-0.1, -0.05) is 6.92 Å². The van der Waals surface area contributed by atoms with Crippen LogP contribution in [0.5, 0.6) is 0 Å². The van der Waals surface area contributed by atoms with E-state index in [4.69, 9.17) is 4.74 Å². The molecule has 2 rings (SSSR count). The minimum atomic E-state index is -0.508. The predicted molar refractivity (Wildman–Crippen MR) is 80.1 cm³/mol. The van der Waals surface area contributed by atoms with Crippen LogP contribution in [0.3, 0.4) is 0 Å². The first-order chi connectivity index (χ1) is 9.31. The first-order valence-electron chi connectivity index (χ1n) is 6.78. The van der Waals surface area contributed by atoms with Crippen LogP contribution >= 0.6 is 0 Å². The van der Waals surface area contributed by atoms with Crippen molar-refractivity contribution in [2.45, 2.75) is 46.6 Å². The molecule has 1 heterocycles. The van der Waals surface area contributed by atoms with Crippen molar-refractivity contribution < 1.29 is 9.53 Å². The van der Waals surface area contributed by atoms with Gasteiger partial charge in [0.25, 0.3) is 0 Å². The zero-order valence-corrected chi connectivity index (χ0v) is 12.6. The number of nitrogens with zero attached hydrogens (tertiary/aromatic N) is 1. The Balaban J connectivity index is 2.35. The van der Waals surface area contributed by atoms with Gasteiger partial charge in [0, 0.05) is 16.8 Å². The highest BCUT2D eigenvalue weighted by Gasteiger charge is 2.18. The van der Waals surface area contributed by atoms with Gasteiger partial charge in [-0.3, -0.25) is 10.4 Å². The Morgan fingerprint density at radius 2 is 2.10 bits per heavy atom. The highest BCUT2D eigenvalue weighted by Crippen LogP contribution is 2.28. The van der Waals surface area contributed by atoms with Crippen molar-refractivity contribution in [3.8, 4) is 0 Å². The molecule has 0 bridgehead atoms. The number of hydrogen-bond donors (Lipinski definition) is 2. The normalized spacial score (nSPS) is 11.7. The van der Waals surface area contributed by atoms with Gasteiger partial charge < -0.3 is 4.74 Å². The maximum absolute atomic E-state index is 11.9. The van der Waals surface area contributed by atoms with Crippen molar-refractivity contribution in [2.24, 2.45) is 0 Å². The van der Waals surface area contributed by atoms with E-state index in [-0.39, 0.29) is 0 Å². The van der Waals surface area contributed by atoms with Crippen LogP contribution in [0.15, 0.2) is 12.1 Å². The quantitative estimate of drug-likeness (QED) is 0.876. The molecule has 1 aromatic heterocycles. The van der Waals surface area contributed by atoms with Gasteiger partial charge in [-0.05, 0) is 51.8 Å². The van der Waals surface area contributed by atoms with E-state index < -0.39 is 11.7 Å². The van der Waals surface area contributed by atoms with Gasteiger partial charge >= 0.3 is 6.09 Å². The monoisotopic (exact) mass is 275 g/mol. The van der Waals surface area contributed by atoms with Crippen molar-refractivity contribution in [1.29, 1.82) is 0 Å². The zero-order chi connectivity index (χ0) is 14.9. The molecule has 1 aromatic carbocycles. The fourth-order valence-corrected chi connectivity index (χ4v) is 2.24. The maximum Gasteiger partial charge on any atom is 0.412 e. The average molecular weight is 275 g/mol. The molecule has 1 amide bonds. The Kier molecular flexibility index (Phi) is 3.70. The maximum atomic E-state index is 11.9. The molecule has 5 heteroatoms. The molecule has 0 unspecified atom stereocenters. The van der Waals surface area contributed by atoms with Crippen LogP contribution in [0.2, 0.25) is 0 Å². The minimum Gasteiger partial charge on any atom is -0.444 e. The summed E-state index contributed by atoms with van der Waals surface area (Å²) in [5.41, 5.74) is 3.25. The molecule has 5 nitrogen and oxygen atoms in total. The van der Waals surface area contributed by atoms with Gasteiger partial charge in [-0.25, -0.2) is 4.79 Å². The van der Waals surface area contributed by atoms with Crippen molar-refractivity contribution >= 4 is 22.7 Å². The van der Waals surface area contributed by atoms with Crippen molar-refractivity contribution in [2.75, 3.05) is 5.32 Å². The fraction of sp³-hybridized carbons (Fsp3) is 0.467. The molecule has 0 radical (unpaired) electrons. The van der Waals surface area contributed by atoms with Crippen LogP contribution in [-0.4, -0.2) is 21.9 Å². The molecule has 0 saturated carbocycles. The first kappa shape index (κ1) is 14.4. The minimum absolute atomic E-state index is 0.437. The van der Waals surface area contributed by atoms with E-state index >= 15 is 0 Å². The Morgan fingerprint density at radius 3 is 2.70 bits per heavy atom. The van der Waals surface area contributed by atoms with Gasteiger partial charge in [-0.15, -0.1) is 0 Å². The predicted octanol–water partition coefficient (Wildman–Crippen LogP) is 3.78. The molecule has 2 N–H and O–H groups in total. The third-order valence-electron chi connectivity index (χ3n) is 3.00. The SMILES string of the molecule is CCc1c(NC(=O)OC(C)(C)C)ccc2n[nH]c(C)c12. The second-order valence-electron chi connectivity index (χ2n) is 5.81. The number of anilines is 1. The van der Waals surface area contributed by atoms with Crippen molar-refractivity contribution in [1.82, 2.24) is 10.2 Å². The number of nitrogens with one attached hydrogen (secondary N) is 2. The number of ether oxygens (including phenoxy) is 1. The van der Waals surface area contributed by atoms with Crippen molar-refractivity contribution in [3.63, 3.8) is 0 Å². The summed E-state index contributed by atoms with van der Waals surface area (Å²) in [6.45, 7) is 9.57. The molecule has 0 fully saturated rings. The molecule has 0 atom stereocenters. The van der Waals surface area contributed by atoms with Gasteiger partial charge in [0.2, 0.25) is 0 Å². The molecule has 20 heavy (non-hydrogen) atoms. The molecule has 0 saturated heterocycles. The summed E-state index contributed by atoms with van der Waals surface area (Å²) in [4.78, 5) is 11.9. The van der Waals surface area contributed by atoms with E-state index in [9.17, 15) is 4.79 Å². The van der Waals surface area contributed by atoms with E-state index in [1.807, 2.05) is 39.8 Å². The number of benzene rings is 1. The van der Waals surface area contributed by atoms with Crippen molar-refractivity contribution in [3.05, 3.63) is 23.4 Å². The van der Waals surface area contributed by atoms with E-state index in [1.165, 1.54) is 0 Å². The molecule has 0 aliphatic heterocycles. The molecule has 0 aliphatic rings. The van der Waals surface area contributed by atoms with E-state index in [0.29, 0.717) is 0 Å². The van der Waals surface area contributed by atoms with Gasteiger partial charge in [0.05, 0.1) is 5.52 Å². The summed E-state index contributed by atoms with van der Waals surface area (Å²) in [6, 6.07) is 3.76. The Hall–Kier alpha value is -2.04. The highest BCUT2D eigenvalue weighted by atomic mass is 16.6. The standard InChI is InChI=1S/C15H21N3O2/c1-6-10-11(16-14(19)20-15(3,4)5)7-8-12-13(10)9(2)17-18-12/h7-8H,6H2,1-5H3,(H,16,19)(H,17,18). The summed E-state index contributed by atoms with van der Waals surface area (Å²) in [5.74, 6) is 0. The third kappa shape index (κ3) is 2.92. The Morgan fingerprint density at radius 1 is 1.40 bits per heavy atom. The van der Waals surface area contributed by atoms with Gasteiger partial charge in [-0.2, -0.15) is 5.10 Å². The largest absolute Gasteiger partial charge is 0.444 e. The summed E-state index contributed by atoms with van der Waals surface area (Å²) < 4.78 is 5.29. The number of aryl methyl sites for hydroxylation is 2. The second-order valence-corrected chi connectivity index (χ2v) is 5.81. The Bertz CT molecular complexity index is 638. The van der Waals surface area contributed by atoms with E-state index in [2.05, 4.69) is 22.4 Å². The number of aromatic amines is 1. The molecule has 108 valence electrons. The Labute approximate surface area is 118 Å². The average Bonchev–Trinajstić information content (AvgIpc) is 2.69. The van der Waals surface area contributed by atoms with Crippen LogP contribution in [0.1, 0.15) is 39.0 Å². The smallest absolute Gasteiger partial charge is 0.412 e.